The molecule has 0 spiro atoms. The third-order valence-electron chi connectivity index (χ3n) is 4.20. The first-order valence-electron chi connectivity index (χ1n) is 9.18. The van der Waals surface area contributed by atoms with Crippen LogP contribution in [0.3, 0.4) is 0 Å². The second-order valence-electron chi connectivity index (χ2n) is 5.99. The van der Waals surface area contributed by atoms with E-state index in [1.807, 2.05) is 6.92 Å². The molecule has 2 rings (SSSR count). The summed E-state index contributed by atoms with van der Waals surface area (Å²) >= 11 is 2.63. The maximum Gasteiger partial charge on any atom is 0.434 e. The molecule has 0 saturated heterocycles. The Hall–Kier alpha value is -1.65. The second kappa shape index (κ2) is 10.8. The molecule has 156 valence electrons. The van der Waals surface area contributed by atoms with E-state index in [2.05, 4.69) is 56.2 Å². The first-order valence-corrected chi connectivity index (χ1v) is 11.0. The van der Waals surface area contributed by atoms with E-state index in [1.165, 1.54) is 5.56 Å². The highest BCUT2D eigenvalue weighted by Gasteiger charge is 2.33. The molecule has 5 nitrogen and oxygen atoms in total. The zero-order chi connectivity index (χ0) is 20.6. The molecule has 1 atom stereocenters. The monoisotopic (exact) mass is 433 g/mol. The van der Waals surface area contributed by atoms with Gasteiger partial charge in [0.2, 0.25) is 0 Å². The number of halogens is 3. The number of nitrogens with zero attached hydrogens (tertiary/aromatic N) is 3. The van der Waals surface area contributed by atoms with Gasteiger partial charge in [0.1, 0.15) is 5.01 Å². The summed E-state index contributed by atoms with van der Waals surface area (Å²) in [5.74, 6) is 0.568. The number of likely N-dealkylation sites (N-methyl/N-ethyl adjacent to an activating group) is 1. The summed E-state index contributed by atoms with van der Waals surface area (Å²) in [6.45, 7) is 9.46. The lowest BCUT2D eigenvalue weighted by atomic mass is 10.1. The predicted octanol–water partition coefficient (Wildman–Crippen LogP) is 4.36. The lowest BCUT2D eigenvalue weighted by Crippen LogP contribution is -2.43. The van der Waals surface area contributed by atoms with E-state index in [0.29, 0.717) is 24.1 Å². The van der Waals surface area contributed by atoms with Crippen LogP contribution in [0.15, 0.2) is 27.2 Å². The highest BCUT2D eigenvalue weighted by atomic mass is 32.1. The van der Waals surface area contributed by atoms with Crippen LogP contribution < -0.4 is 10.6 Å². The molecule has 0 aliphatic carbocycles. The molecule has 0 amide bonds. The molecule has 10 heteroatoms. The maximum absolute atomic E-state index is 12.7. The largest absolute Gasteiger partial charge is 0.434 e. The molecule has 2 aromatic heterocycles. The minimum Gasteiger partial charge on any atom is -0.357 e. The van der Waals surface area contributed by atoms with E-state index in [1.54, 1.807) is 11.3 Å². The van der Waals surface area contributed by atoms with Crippen LogP contribution in [0.4, 0.5) is 13.2 Å². The van der Waals surface area contributed by atoms with Crippen molar-refractivity contribution in [2.24, 2.45) is 4.99 Å². The van der Waals surface area contributed by atoms with E-state index in [-0.39, 0.29) is 12.6 Å². The fourth-order valence-corrected chi connectivity index (χ4v) is 4.21. The average Bonchev–Trinajstić information content (AvgIpc) is 3.34. The Morgan fingerprint density at radius 1 is 1.21 bits per heavy atom. The topological polar surface area (TPSA) is 52.6 Å². The molecule has 28 heavy (non-hydrogen) atoms. The van der Waals surface area contributed by atoms with E-state index in [0.717, 1.165) is 29.8 Å². The van der Waals surface area contributed by atoms with Gasteiger partial charge in [0, 0.05) is 18.5 Å². The van der Waals surface area contributed by atoms with Crippen molar-refractivity contribution in [1.82, 2.24) is 20.5 Å². The number of thiazole rings is 1. The van der Waals surface area contributed by atoms with Gasteiger partial charge in [-0.15, -0.1) is 11.3 Å². The van der Waals surface area contributed by atoms with Crippen molar-refractivity contribution in [2.45, 2.75) is 39.5 Å². The van der Waals surface area contributed by atoms with Gasteiger partial charge in [-0.05, 0) is 42.4 Å². The summed E-state index contributed by atoms with van der Waals surface area (Å²) in [5, 5.41) is 12.0. The number of aromatic nitrogens is 1. The molecule has 2 heterocycles. The Morgan fingerprint density at radius 2 is 1.96 bits per heavy atom. The Bertz CT molecular complexity index is 724. The normalized spacial score (nSPS) is 13.8. The van der Waals surface area contributed by atoms with Crippen LogP contribution in [0.5, 0.6) is 0 Å². The van der Waals surface area contributed by atoms with Gasteiger partial charge < -0.3 is 10.6 Å². The minimum atomic E-state index is -4.42. The lowest BCUT2D eigenvalue weighted by Gasteiger charge is -2.30. The van der Waals surface area contributed by atoms with Crippen molar-refractivity contribution in [2.75, 3.05) is 26.2 Å². The fraction of sp³-hybridized carbons (Fsp3) is 0.556. The number of thiophene rings is 1. The smallest absolute Gasteiger partial charge is 0.357 e. The summed E-state index contributed by atoms with van der Waals surface area (Å²) < 4.78 is 38.1. The van der Waals surface area contributed by atoms with Crippen LogP contribution in [0.2, 0.25) is 0 Å². The number of alkyl halides is 3. The third-order valence-corrected chi connectivity index (χ3v) is 5.74. The first kappa shape index (κ1) is 22.6. The van der Waals surface area contributed by atoms with E-state index >= 15 is 0 Å². The van der Waals surface area contributed by atoms with E-state index in [9.17, 15) is 13.2 Å². The average molecular weight is 434 g/mol. The molecule has 2 N–H and O–H groups in total. The third kappa shape index (κ3) is 6.46. The summed E-state index contributed by atoms with van der Waals surface area (Å²) in [6.07, 6.45) is -4.42. The molecule has 0 aliphatic heterocycles. The van der Waals surface area contributed by atoms with E-state index < -0.39 is 11.9 Å². The summed E-state index contributed by atoms with van der Waals surface area (Å²) in [4.78, 5) is 10.4. The van der Waals surface area contributed by atoms with Gasteiger partial charge in [-0.1, -0.05) is 13.8 Å². The van der Waals surface area contributed by atoms with Crippen LogP contribution in [-0.2, 0) is 12.7 Å². The minimum absolute atomic E-state index is 0.102. The Morgan fingerprint density at radius 3 is 2.50 bits per heavy atom. The predicted molar refractivity (Wildman–Crippen MR) is 110 cm³/mol. The van der Waals surface area contributed by atoms with Gasteiger partial charge in [0.15, 0.2) is 11.7 Å². The van der Waals surface area contributed by atoms with Crippen LogP contribution in [0.1, 0.15) is 43.1 Å². The lowest BCUT2D eigenvalue weighted by molar-refractivity contribution is -0.140. The molecule has 1 unspecified atom stereocenters. The number of hydrogen-bond donors (Lipinski definition) is 2. The zero-order valence-corrected chi connectivity index (χ0v) is 17.8. The molecule has 0 saturated carbocycles. The van der Waals surface area contributed by atoms with Gasteiger partial charge in [0.05, 0.1) is 12.6 Å². The molecule has 0 bridgehead atoms. The fourth-order valence-electron chi connectivity index (χ4n) is 2.78. The number of rotatable bonds is 9. The van der Waals surface area contributed by atoms with Gasteiger partial charge in [0.25, 0.3) is 0 Å². The van der Waals surface area contributed by atoms with Crippen molar-refractivity contribution < 1.29 is 13.2 Å². The van der Waals surface area contributed by atoms with Crippen LogP contribution in [0.25, 0.3) is 0 Å². The quantitative estimate of drug-likeness (QED) is 0.456. The van der Waals surface area contributed by atoms with Gasteiger partial charge in [-0.2, -0.15) is 24.5 Å². The molecule has 0 radical (unpaired) electrons. The molecule has 0 fully saturated rings. The van der Waals surface area contributed by atoms with Gasteiger partial charge >= 0.3 is 6.18 Å². The van der Waals surface area contributed by atoms with Crippen LogP contribution >= 0.6 is 22.7 Å². The summed E-state index contributed by atoms with van der Waals surface area (Å²) in [5.41, 5.74) is 0.381. The van der Waals surface area contributed by atoms with Gasteiger partial charge in [-0.25, -0.2) is 9.98 Å². The van der Waals surface area contributed by atoms with Crippen molar-refractivity contribution in [3.05, 3.63) is 38.5 Å². The van der Waals surface area contributed by atoms with E-state index in [4.69, 9.17) is 0 Å². The molecular weight excluding hydrogens is 407 g/mol. The molecule has 2 aromatic rings. The second-order valence-corrected chi connectivity index (χ2v) is 7.72. The summed E-state index contributed by atoms with van der Waals surface area (Å²) in [6, 6.07) is 2.31. The van der Waals surface area contributed by atoms with Crippen molar-refractivity contribution in [3.8, 4) is 0 Å². The first-order chi connectivity index (χ1) is 13.4. The number of aliphatic imine (C=N–C) groups is 1. The number of hydrogen-bond acceptors (Lipinski definition) is 5. The van der Waals surface area contributed by atoms with Crippen molar-refractivity contribution in [1.29, 1.82) is 0 Å². The van der Waals surface area contributed by atoms with Crippen LogP contribution in [0, 0.1) is 0 Å². The number of guanidine groups is 1. The Balaban J connectivity index is 2.06. The highest BCUT2D eigenvalue weighted by Crippen LogP contribution is 2.30. The standard InChI is InChI=1S/C18H26F3N5S2/c1-4-22-17(24-10-16-25-15(12-28-16)18(19,20)21)23-9-14(26(5-2)6-3)13-7-8-27-11-13/h7-8,11-12,14H,4-6,9-10H2,1-3H3,(H2,22,23,24). The van der Waals surface area contributed by atoms with Crippen molar-refractivity contribution >= 4 is 28.6 Å². The van der Waals surface area contributed by atoms with Crippen LogP contribution in [-0.4, -0.2) is 42.0 Å². The Kier molecular flexibility index (Phi) is 8.71. The SMILES string of the molecule is CCNC(=NCc1nc(C(F)(F)F)cs1)NCC(c1ccsc1)N(CC)CC. The highest BCUT2D eigenvalue weighted by molar-refractivity contribution is 7.09. The molecule has 0 aliphatic rings. The molecule has 0 aromatic carbocycles. The summed E-state index contributed by atoms with van der Waals surface area (Å²) in [7, 11) is 0. The zero-order valence-electron chi connectivity index (χ0n) is 16.2. The van der Waals surface area contributed by atoms with Crippen molar-refractivity contribution in [3.63, 3.8) is 0 Å². The number of nitrogens with one attached hydrogen (secondary N) is 2. The maximum atomic E-state index is 12.7. The molecular formula is C18H26F3N5S2. The Labute approximate surface area is 171 Å². The van der Waals surface area contributed by atoms with Gasteiger partial charge in [-0.3, -0.25) is 4.90 Å².